The monoisotopic (exact) mass is 418 g/mol. The number of hydrogen-bond acceptors (Lipinski definition) is 4. The van der Waals surface area contributed by atoms with Gasteiger partial charge in [0.1, 0.15) is 5.82 Å². The Balaban J connectivity index is 0.00000136. The first-order valence-corrected chi connectivity index (χ1v) is 10.0. The fraction of sp³-hybridized carbons (Fsp3) is 0.360. The van der Waals surface area contributed by atoms with Crippen molar-refractivity contribution in [1.29, 1.82) is 0 Å². The first-order valence-electron chi connectivity index (χ1n) is 10.0. The fourth-order valence-corrected chi connectivity index (χ4v) is 4.51. The number of fused-ring (bicyclic) bond motifs is 2. The SMILES string of the molecule is C.C.O=C1CCc2cc(/C=C/C(=O)N3C[C@@H]4CC(c5ccncc5)=C[C@@H]4C3)cnc2N1. The van der Waals surface area contributed by atoms with Crippen LogP contribution in [0.2, 0.25) is 0 Å². The lowest BCUT2D eigenvalue weighted by Crippen LogP contribution is -2.27. The van der Waals surface area contributed by atoms with Gasteiger partial charge in [0.25, 0.3) is 0 Å². The lowest BCUT2D eigenvalue weighted by atomic mass is 9.99. The van der Waals surface area contributed by atoms with E-state index in [0.29, 0.717) is 30.5 Å². The van der Waals surface area contributed by atoms with Crippen LogP contribution in [0.25, 0.3) is 11.6 Å². The Hall–Kier alpha value is -3.28. The van der Waals surface area contributed by atoms with Crippen LogP contribution in [0.4, 0.5) is 5.82 Å². The molecule has 6 nitrogen and oxygen atoms in total. The van der Waals surface area contributed by atoms with Crippen LogP contribution in [0.3, 0.4) is 0 Å². The van der Waals surface area contributed by atoms with Gasteiger partial charge < -0.3 is 10.2 Å². The average molecular weight is 419 g/mol. The van der Waals surface area contributed by atoms with Crippen molar-refractivity contribution in [2.75, 3.05) is 18.4 Å². The van der Waals surface area contributed by atoms with Crippen LogP contribution in [-0.4, -0.2) is 39.8 Å². The van der Waals surface area contributed by atoms with E-state index in [1.165, 1.54) is 11.1 Å². The zero-order chi connectivity index (χ0) is 19.8. The van der Waals surface area contributed by atoms with Crippen molar-refractivity contribution in [2.45, 2.75) is 34.1 Å². The topological polar surface area (TPSA) is 75.2 Å². The lowest BCUT2D eigenvalue weighted by molar-refractivity contribution is -0.125. The average Bonchev–Trinajstić information content (AvgIpc) is 3.32. The van der Waals surface area contributed by atoms with Crippen LogP contribution < -0.4 is 5.32 Å². The van der Waals surface area contributed by atoms with Crippen LogP contribution in [0, 0.1) is 11.8 Å². The van der Waals surface area contributed by atoms with Gasteiger partial charge in [-0.15, -0.1) is 0 Å². The molecular formula is C25H30N4O2. The first kappa shape index (κ1) is 22.4. The Morgan fingerprint density at radius 1 is 1.16 bits per heavy atom. The molecule has 162 valence electrons. The standard InChI is InChI=1S/C23H22N4O2.2CH4/c28-21-3-2-17-9-15(12-25-23(17)26-21)1-4-22(29)27-13-19-10-18(11-20(19)14-27)16-5-7-24-8-6-16;;/h1,4-10,12,19-20H,2-3,11,13-14H2,(H,25,26,28);2*1H4/b4-1+;;/t19-,20+;;/m1../s1. The second kappa shape index (κ2) is 9.25. The molecule has 2 aromatic rings. The molecule has 31 heavy (non-hydrogen) atoms. The highest BCUT2D eigenvalue weighted by molar-refractivity contribution is 5.94. The highest BCUT2D eigenvalue weighted by atomic mass is 16.2. The molecule has 5 rings (SSSR count). The summed E-state index contributed by atoms with van der Waals surface area (Å²) in [6, 6.07) is 6.10. The second-order valence-electron chi connectivity index (χ2n) is 7.96. The molecule has 0 bridgehead atoms. The predicted octanol–water partition coefficient (Wildman–Crippen LogP) is 4.21. The van der Waals surface area contributed by atoms with Gasteiger partial charge in [-0.25, -0.2) is 4.98 Å². The third-order valence-corrected chi connectivity index (χ3v) is 6.04. The number of carbonyl (C=O) groups excluding carboxylic acids is 2. The van der Waals surface area contributed by atoms with Gasteiger partial charge in [0, 0.05) is 44.2 Å². The molecule has 3 aliphatic rings. The Labute approximate surface area is 184 Å². The number of carbonyl (C=O) groups is 2. The smallest absolute Gasteiger partial charge is 0.246 e. The van der Waals surface area contributed by atoms with E-state index in [2.05, 4.69) is 33.5 Å². The number of hydrogen-bond donors (Lipinski definition) is 1. The molecule has 2 aliphatic heterocycles. The number of nitrogens with zero attached hydrogens (tertiary/aromatic N) is 3. The summed E-state index contributed by atoms with van der Waals surface area (Å²) in [6.07, 6.45) is 13.3. The summed E-state index contributed by atoms with van der Waals surface area (Å²) in [6.45, 7) is 1.57. The number of pyridine rings is 2. The van der Waals surface area contributed by atoms with Gasteiger partial charge in [-0.05, 0) is 71.2 Å². The number of likely N-dealkylation sites (tertiary alicyclic amines) is 1. The Morgan fingerprint density at radius 2 is 1.97 bits per heavy atom. The molecule has 1 aliphatic carbocycles. The molecule has 2 aromatic heterocycles. The van der Waals surface area contributed by atoms with E-state index in [9.17, 15) is 9.59 Å². The third-order valence-electron chi connectivity index (χ3n) is 6.04. The van der Waals surface area contributed by atoms with Crippen LogP contribution >= 0.6 is 0 Å². The minimum atomic E-state index is 0. The quantitative estimate of drug-likeness (QED) is 0.758. The molecule has 1 fully saturated rings. The maximum Gasteiger partial charge on any atom is 0.246 e. The number of allylic oxidation sites excluding steroid dienone is 1. The highest BCUT2D eigenvalue weighted by Gasteiger charge is 2.37. The van der Waals surface area contributed by atoms with Crippen molar-refractivity contribution in [3.63, 3.8) is 0 Å². The van der Waals surface area contributed by atoms with E-state index >= 15 is 0 Å². The van der Waals surface area contributed by atoms with E-state index in [0.717, 1.165) is 30.6 Å². The van der Waals surface area contributed by atoms with E-state index in [4.69, 9.17) is 0 Å². The zero-order valence-corrected chi connectivity index (χ0v) is 16.0. The molecule has 0 radical (unpaired) electrons. The van der Waals surface area contributed by atoms with Crippen LogP contribution in [-0.2, 0) is 16.0 Å². The summed E-state index contributed by atoms with van der Waals surface area (Å²) in [5.74, 6) is 1.62. The van der Waals surface area contributed by atoms with Crippen molar-refractivity contribution in [3.8, 4) is 0 Å². The number of nitrogens with one attached hydrogen (secondary N) is 1. The van der Waals surface area contributed by atoms with Gasteiger partial charge in [0.05, 0.1) is 0 Å². The van der Waals surface area contributed by atoms with Gasteiger partial charge in [0.2, 0.25) is 11.8 Å². The number of rotatable bonds is 3. The van der Waals surface area contributed by atoms with E-state index in [-0.39, 0.29) is 26.7 Å². The van der Waals surface area contributed by atoms with Crippen molar-refractivity contribution < 1.29 is 9.59 Å². The lowest BCUT2D eigenvalue weighted by Gasteiger charge is -2.16. The molecule has 6 heteroatoms. The van der Waals surface area contributed by atoms with E-state index in [1.54, 1.807) is 12.3 Å². The molecule has 0 aromatic carbocycles. The van der Waals surface area contributed by atoms with Crippen molar-refractivity contribution in [3.05, 3.63) is 65.6 Å². The van der Waals surface area contributed by atoms with Gasteiger partial charge in [0.15, 0.2) is 0 Å². The van der Waals surface area contributed by atoms with Crippen LogP contribution in [0.5, 0.6) is 0 Å². The number of aryl methyl sites for hydroxylation is 1. The molecule has 0 spiro atoms. The first-order chi connectivity index (χ1) is 14.2. The molecule has 0 unspecified atom stereocenters. The highest BCUT2D eigenvalue weighted by Crippen LogP contribution is 2.40. The fourth-order valence-electron chi connectivity index (χ4n) is 4.51. The second-order valence-corrected chi connectivity index (χ2v) is 7.96. The van der Waals surface area contributed by atoms with Gasteiger partial charge in [-0.2, -0.15) is 0 Å². The van der Waals surface area contributed by atoms with Crippen molar-refractivity contribution in [1.82, 2.24) is 14.9 Å². The predicted molar refractivity (Wildman–Crippen MR) is 124 cm³/mol. The van der Waals surface area contributed by atoms with Gasteiger partial charge in [-0.3, -0.25) is 14.6 Å². The van der Waals surface area contributed by atoms with Gasteiger partial charge >= 0.3 is 0 Å². The minimum Gasteiger partial charge on any atom is -0.338 e. The summed E-state index contributed by atoms with van der Waals surface area (Å²) in [4.78, 5) is 34.4. The molecular weight excluding hydrogens is 388 g/mol. The number of aromatic nitrogens is 2. The number of anilines is 1. The zero-order valence-electron chi connectivity index (χ0n) is 16.0. The molecule has 1 saturated heterocycles. The molecule has 1 N–H and O–H groups in total. The maximum atomic E-state index is 12.7. The van der Waals surface area contributed by atoms with E-state index < -0.39 is 0 Å². The Kier molecular flexibility index (Phi) is 6.68. The summed E-state index contributed by atoms with van der Waals surface area (Å²) in [5.41, 5.74) is 4.51. The van der Waals surface area contributed by atoms with Crippen LogP contribution in [0.15, 0.2) is 48.9 Å². The summed E-state index contributed by atoms with van der Waals surface area (Å²) < 4.78 is 0. The minimum absolute atomic E-state index is 0. The van der Waals surface area contributed by atoms with E-state index in [1.807, 2.05) is 29.4 Å². The largest absolute Gasteiger partial charge is 0.338 e. The van der Waals surface area contributed by atoms with Gasteiger partial charge in [-0.1, -0.05) is 20.9 Å². The third kappa shape index (κ3) is 4.58. The molecule has 2 amide bonds. The molecule has 2 atom stereocenters. The maximum absolute atomic E-state index is 12.7. The van der Waals surface area contributed by atoms with Crippen molar-refractivity contribution in [2.24, 2.45) is 11.8 Å². The summed E-state index contributed by atoms with van der Waals surface area (Å²) in [5, 5.41) is 2.78. The molecule has 0 saturated carbocycles. The Morgan fingerprint density at radius 3 is 2.74 bits per heavy atom. The normalized spacial score (nSPS) is 21.5. The summed E-state index contributed by atoms with van der Waals surface area (Å²) >= 11 is 0. The summed E-state index contributed by atoms with van der Waals surface area (Å²) in [7, 11) is 0. The Bertz CT molecular complexity index is 1030. The number of amides is 2. The van der Waals surface area contributed by atoms with Crippen molar-refractivity contribution >= 4 is 29.3 Å². The molecule has 4 heterocycles. The van der Waals surface area contributed by atoms with Crippen LogP contribution in [0.1, 0.15) is 44.4 Å².